The molecule has 6 heterocycles. The molecule has 2 aliphatic heterocycles. The van der Waals surface area contributed by atoms with Crippen LogP contribution in [0.25, 0.3) is 43.9 Å². The van der Waals surface area contributed by atoms with Crippen LogP contribution in [0.3, 0.4) is 0 Å². The lowest BCUT2D eigenvalue weighted by Gasteiger charge is -2.33. The van der Waals surface area contributed by atoms with E-state index in [0.29, 0.717) is 35.7 Å². The zero-order valence-electron chi connectivity index (χ0n) is 27.3. The molecule has 0 saturated heterocycles. The molecular weight excluding hydrogens is 634 g/mol. The van der Waals surface area contributed by atoms with Crippen molar-refractivity contribution in [3.05, 3.63) is 83.1 Å². The summed E-state index contributed by atoms with van der Waals surface area (Å²) in [6.07, 6.45) is 4.03. The summed E-state index contributed by atoms with van der Waals surface area (Å²) < 4.78 is 44.5. The highest BCUT2D eigenvalue weighted by atomic mass is 32.1. The van der Waals surface area contributed by atoms with E-state index < -0.39 is 11.6 Å². The van der Waals surface area contributed by atoms with E-state index in [9.17, 15) is 9.18 Å². The monoisotopic (exact) mass is 670 g/mol. The number of carbonyl (C=O) groups excluding carboxylic acids is 1. The third-order valence-electron chi connectivity index (χ3n) is 9.47. The number of carbonyl (C=O) groups is 1. The fourth-order valence-corrected chi connectivity index (χ4v) is 7.71. The van der Waals surface area contributed by atoms with Gasteiger partial charge >= 0.3 is 0 Å². The van der Waals surface area contributed by atoms with Crippen molar-refractivity contribution < 1.29 is 23.0 Å². The van der Waals surface area contributed by atoms with Gasteiger partial charge in [-0.25, -0.2) is 13.8 Å². The van der Waals surface area contributed by atoms with Crippen molar-refractivity contribution in [3.8, 4) is 39.5 Å². The fraction of sp³-hybridized carbons (Fsp3) is 0.333. The second-order valence-electron chi connectivity index (χ2n) is 12.2. The summed E-state index contributed by atoms with van der Waals surface area (Å²) in [5.41, 5.74) is 6.02. The summed E-state index contributed by atoms with van der Waals surface area (Å²) in [5, 5.41) is 7.71. The molecule has 0 bridgehead atoms. The van der Waals surface area contributed by atoms with Crippen LogP contribution in [0.2, 0.25) is 0 Å². The number of halogens is 2. The lowest BCUT2D eigenvalue weighted by atomic mass is 9.94. The van der Waals surface area contributed by atoms with Crippen molar-refractivity contribution in [1.82, 2.24) is 29.5 Å². The van der Waals surface area contributed by atoms with Crippen LogP contribution in [-0.4, -0.2) is 75.9 Å². The molecule has 2 atom stereocenters. The van der Waals surface area contributed by atoms with E-state index in [1.54, 1.807) is 4.90 Å². The van der Waals surface area contributed by atoms with Gasteiger partial charge in [0.15, 0.2) is 0 Å². The van der Waals surface area contributed by atoms with E-state index in [1.807, 2.05) is 35.3 Å². The number of likely N-dealkylation sites (N-methyl/N-ethyl adjacent to an activating group) is 1. The maximum absolute atomic E-state index is 16.1. The summed E-state index contributed by atoms with van der Waals surface area (Å²) in [7, 11) is 3.64. The van der Waals surface area contributed by atoms with Crippen LogP contribution >= 0.6 is 11.3 Å². The van der Waals surface area contributed by atoms with Crippen LogP contribution in [0.15, 0.2) is 54.6 Å². The van der Waals surface area contributed by atoms with E-state index in [-0.39, 0.29) is 42.5 Å². The number of rotatable bonds is 8. The summed E-state index contributed by atoms with van der Waals surface area (Å²) in [6.45, 7) is 9.98. The molecule has 0 fully saturated rings. The highest BCUT2D eigenvalue weighted by Crippen LogP contribution is 2.47. The van der Waals surface area contributed by atoms with Gasteiger partial charge in [-0.3, -0.25) is 19.4 Å². The van der Waals surface area contributed by atoms with Crippen LogP contribution in [0.4, 0.5) is 8.78 Å². The predicted octanol–water partition coefficient (Wildman–Crippen LogP) is 6.83. The molecule has 0 unspecified atom stereocenters. The zero-order valence-corrected chi connectivity index (χ0v) is 28.1. The van der Waals surface area contributed by atoms with Crippen LogP contribution in [-0.2, 0) is 22.5 Å². The number of nitrogens with zero attached hydrogens (tertiary/aromatic N) is 6. The minimum Gasteiger partial charge on any atom is -0.490 e. The van der Waals surface area contributed by atoms with Gasteiger partial charge in [-0.05, 0) is 56.1 Å². The molecule has 2 aliphatic rings. The number of amides is 1. The molecule has 12 heteroatoms. The van der Waals surface area contributed by atoms with Crippen LogP contribution < -0.4 is 4.74 Å². The summed E-state index contributed by atoms with van der Waals surface area (Å²) in [6, 6.07) is 7.98. The first-order valence-electron chi connectivity index (χ1n) is 15.9. The quantitative estimate of drug-likeness (QED) is 0.132. The number of fused-ring (bicyclic) bond motifs is 3. The van der Waals surface area contributed by atoms with Crippen molar-refractivity contribution in [3.63, 3.8) is 0 Å². The largest absolute Gasteiger partial charge is 0.490 e. The van der Waals surface area contributed by atoms with Gasteiger partial charge in [-0.2, -0.15) is 5.10 Å². The number of hydrogen-bond donors (Lipinski definition) is 0. The Morgan fingerprint density at radius 2 is 1.92 bits per heavy atom. The van der Waals surface area contributed by atoms with Gasteiger partial charge in [0, 0.05) is 77.9 Å². The minimum absolute atomic E-state index is 0.0439. The number of hydrogen-bond acceptors (Lipinski definition) is 8. The number of thiophene rings is 1. The third kappa shape index (κ3) is 5.47. The molecule has 248 valence electrons. The van der Waals surface area contributed by atoms with Gasteiger partial charge in [-0.15, -0.1) is 11.3 Å². The average molecular weight is 671 g/mol. The van der Waals surface area contributed by atoms with Gasteiger partial charge in [0.05, 0.1) is 36.1 Å². The molecule has 0 aliphatic carbocycles. The van der Waals surface area contributed by atoms with Gasteiger partial charge in [0.1, 0.15) is 35.4 Å². The molecule has 4 aromatic heterocycles. The van der Waals surface area contributed by atoms with E-state index in [0.717, 1.165) is 51.6 Å². The van der Waals surface area contributed by atoms with Crippen LogP contribution in [0.1, 0.15) is 42.9 Å². The zero-order chi connectivity index (χ0) is 33.7. The van der Waals surface area contributed by atoms with E-state index >= 15 is 4.39 Å². The second kappa shape index (κ2) is 12.8. The van der Waals surface area contributed by atoms with Crippen molar-refractivity contribution >= 4 is 27.3 Å². The Hall–Kier alpha value is -4.52. The van der Waals surface area contributed by atoms with Crippen LogP contribution in [0, 0.1) is 11.6 Å². The van der Waals surface area contributed by atoms with E-state index in [1.165, 1.54) is 30.6 Å². The molecule has 0 saturated carbocycles. The van der Waals surface area contributed by atoms with Crippen molar-refractivity contribution in [2.45, 2.75) is 38.9 Å². The van der Waals surface area contributed by atoms with Crippen LogP contribution in [0.5, 0.6) is 5.75 Å². The standard InChI is InChI=1S/C36H36F2N6O3S/c1-6-31(45)43-10-11-44-29(21(43)3)18-28(41-44)35-33(32-26(38)16-23(37)17-30(32)47-13-12-46-5)36-24(8-14-48-36)34(40-35)22-15-25-20(2)42(4)9-7-27(25)39-19-22/h6,8,14-21H,1,7,9-13H2,2-5H3/t20-,21+/m0/s1. The topological polar surface area (TPSA) is 85.6 Å². The average Bonchev–Trinajstić information content (AvgIpc) is 3.74. The van der Waals surface area contributed by atoms with E-state index in [2.05, 4.69) is 31.5 Å². The molecular formula is C36H36F2N6O3S. The fourth-order valence-electron chi connectivity index (χ4n) is 6.76. The predicted molar refractivity (Wildman–Crippen MR) is 182 cm³/mol. The molecule has 5 aromatic rings. The van der Waals surface area contributed by atoms with Gasteiger partial charge in [0.2, 0.25) is 5.91 Å². The first-order valence-corrected chi connectivity index (χ1v) is 16.8. The molecule has 0 spiro atoms. The Kier molecular flexibility index (Phi) is 8.57. The maximum Gasteiger partial charge on any atom is 0.246 e. The molecule has 9 nitrogen and oxygen atoms in total. The first-order chi connectivity index (χ1) is 23.2. The van der Waals surface area contributed by atoms with E-state index in [4.69, 9.17) is 24.5 Å². The third-order valence-corrected chi connectivity index (χ3v) is 10.4. The highest BCUT2D eigenvalue weighted by molar-refractivity contribution is 7.18. The van der Waals surface area contributed by atoms with Crippen molar-refractivity contribution in [1.29, 1.82) is 0 Å². The maximum atomic E-state index is 16.1. The lowest BCUT2D eigenvalue weighted by Crippen LogP contribution is -2.40. The van der Waals surface area contributed by atoms with Gasteiger partial charge in [-0.1, -0.05) is 6.58 Å². The smallest absolute Gasteiger partial charge is 0.246 e. The number of methoxy groups -OCH3 is 1. The Balaban J connectivity index is 1.49. The van der Waals surface area contributed by atoms with Gasteiger partial charge < -0.3 is 14.4 Å². The van der Waals surface area contributed by atoms with Crippen molar-refractivity contribution in [2.24, 2.45) is 0 Å². The van der Waals surface area contributed by atoms with Crippen molar-refractivity contribution in [2.75, 3.05) is 40.5 Å². The Morgan fingerprint density at radius 1 is 1.08 bits per heavy atom. The summed E-state index contributed by atoms with van der Waals surface area (Å²) in [4.78, 5) is 26.8. The molecule has 1 aromatic carbocycles. The second-order valence-corrected chi connectivity index (χ2v) is 13.1. The highest BCUT2D eigenvalue weighted by Gasteiger charge is 2.32. The molecule has 7 rings (SSSR count). The molecule has 0 N–H and O–H groups in total. The normalized spacial score (nSPS) is 17.8. The lowest BCUT2D eigenvalue weighted by molar-refractivity contribution is -0.129. The first kappa shape index (κ1) is 32.0. The summed E-state index contributed by atoms with van der Waals surface area (Å²) >= 11 is 1.44. The SMILES string of the molecule is C=CC(=O)N1CCn2nc(-c3nc(-c4cnc5c(c4)[C@H](C)N(C)CC5)c4ccsc4c3-c3c(F)cc(F)cc3OCCOC)cc2[C@H]1C. The van der Waals surface area contributed by atoms with Gasteiger partial charge in [0.25, 0.3) is 0 Å². The Bertz CT molecular complexity index is 2060. The number of pyridine rings is 2. The number of aromatic nitrogens is 4. The Labute approximate surface area is 281 Å². The number of benzene rings is 1. The molecule has 48 heavy (non-hydrogen) atoms. The summed E-state index contributed by atoms with van der Waals surface area (Å²) in [5.74, 6) is -1.65. The molecule has 0 radical (unpaired) electrons. The Morgan fingerprint density at radius 3 is 2.71 bits per heavy atom. The molecule has 1 amide bonds. The number of ether oxygens (including phenoxy) is 2. The minimum atomic E-state index is -0.777.